The predicted molar refractivity (Wildman–Crippen MR) is 99.7 cm³/mol. The maximum Gasteiger partial charge on any atom is 0.256 e. The molecule has 1 saturated carbocycles. The van der Waals surface area contributed by atoms with E-state index in [1.165, 1.54) is 18.5 Å². The number of carbonyl (C=O) groups excluding carboxylic acids is 2. The third kappa shape index (κ3) is 4.21. The minimum absolute atomic E-state index is 0.0176. The molecule has 1 aromatic carbocycles. The smallest absolute Gasteiger partial charge is 0.256 e. The molecule has 2 fully saturated rings. The average molecular weight is 385 g/mol. The van der Waals surface area contributed by atoms with Crippen molar-refractivity contribution in [3.05, 3.63) is 48.3 Å². The first-order chi connectivity index (χ1) is 13.6. The summed E-state index contributed by atoms with van der Waals surface area (Å²) in [5, 5.41) is 7.13. The number of aromatic nitrogens is 3. The average Bonchev–Trinajstić information content (AvgIpc) is 3.23. The zero-order valence-electron chi connectivity index (χ0n) is 15.6. The van der Waals surface area contributed by atoms with Gasteiger partial charge in [-0.15, -0.1) is 0 Å². The number of halogens is 1. The van der Waals surface area contributed by atoms with Crippen LogP contribution in [0.1, 0.15) is 36.0 Å². The molecule has 0 radical (unpaired) electrons. The molecule has 7 nitrogen and oxygen atoms in total. The predicted octanol–water partition coefficient (Wildman–Crippen LogP) is 1.86. The molecule has 1 aliphatic carbocycles. The number of benzene rings is 1. The monoisotopic (exact) mass is 385 g/mol. The molecule has 4 rings (SSSR count). The Morgan fingerprint density at radius 1 is 1.21 bits per heavy atom. The van der Waals surface area contributed by atoms with Crippen LogP contribution in [-0.2, 0) is 11.3 Å². The molecule has 2 amide bonds. The topological polar surface area (TPSA) is 80.1 Å². The summed E-state index contributed by atoms with van der Waals surface area (Å²) in [5.74, 6) is -0.0347. The van der Waals surface area contributed by atoms with Crippen LogP contribution in [0.4, 0.5) is 4.39 Å². The highest BCUT2D eigenvalue weighted by Crippen LogP contribution is 2.41. The first-order valence-electron chi connectivity index (χ1n) is 9.77. The molecule has 2 aliphatic rings. The Morgan fingerprint density at radius 2 is 2.04 bits per heavy atom. The normalized spacial score (nSPS) is 21.7. The number of aryl methyl sites for hydroxylation is 1. The standard InChI is InChI=1S/C20H24FN5O2/c21-17-5-2-1-4-15(17)20(28)25-10-16(14-7-8-14)18(11-25)24-19(27)6-3-9-26-13-22-12-23-26/h1-2,4-5,12-14,16,18H,3,6-11H2,(H,24,27)/t16-,18+/m1/s1. The van der Waals surface area contributed by atoms with Crippen LogP contribution in [0.5, 0.6) is 0 Å². The molecule has 0 bridgehead atoms. The Kier molecular flexibility index (Phi) is 5.36. The fourth-order valence-electron chi connectivity index (χ4n) is 3.98. The van der Waals surface area contributed by atoms with E-state index in [0.717, 1.165) is 12.8 Å². The van der Waals surface area contributed by atoms with Crippen LogP contribution < -0.4 is 5.32 Å². The molecular weight excluding hydrogens is 361 g/mol. The summed E-state index contributed by atoms with van der Waals surface area (Å²) in [6.45, 7) is 1.65. The van der Waals surface area contributed by atoms with Gasteiger partial charge in [-0.3, -0.25) is 14.3 Å². The fraction of sp³-hybridized carbons (Fsp3) is 0.500. The largest absolute Gasteiger partial charge is 0.351 e. The number of carbonyl (C=O) groups is 2. The van der Waals surface area contributed by atoms with Gasteiger partial charge in [-0.1, -0.05) is 12.1 Å². The molecule has 2 aromatic rings. The van der Waals surface area contributed by atoms with E-state index in [2.05, 4.69) is 15.4 Å². The summed E-state index contributed by atoms with van der Waals surface area (Å²) in [5.41, 5.74) is 0.0943. The van der Waals surface area contributed by atoms with Gasteiger partial charge in [0.15, 0.2) is 0 Å². The maximum absolute atomic E-state index is 14.0. The SMILES string of the molecule is O=C(CCCn1cncn1)N[C@H]1CN(C(=O)c2ccccc2F)C[C@@H]1C1CC1. The molecule has 1 aromatic heterocycles. The minimum atomic E-state index is -0.504. The third-order valence-corrected chi connectivity index (χ3v) is 5.59. The van der Waals surface area contributed by atoms with Gasteiger partial charge in [0.2, 0.25) is 5.91 Å². The zero-order valence-corrected chi connectivity index (χ0v) is 15.6. The lowest BCUT2D eigenvalue weighted by Gasteiger charge is -2.19. The number of rotatable bonds is 7. The minimum Gasteiger partial charge on any atom is -0.351 e. The van der Waals surface area contributed by atoms with E-state index in [9.17, 15) is 14.0 Å². The highest BCUT2D eigenvalue weighted by atomic mass is 19.1. The molecule has 0 unspecified atom stereocenters. The first-order valence-corrected chi connectivity index (χ1v) is 9.77. The lowest BCUT2D eigenvalue weighted by Crippen LogP contribution is -2.41. The highest BCUT2D eigenvalue weighted by Gasteiger charge is 2.44. The third-order valence-electron chi connectivity index (χ3n) is 5.59. The second kappa shape index (κ2) is 8.08. The van der Waals surface area contributed by atoms with Gasteiger partial charge in [-0.05, 0) is 37.3 Å². The van der Waals surface area contributed by atoms with Crippen molar-refractivity contribution in [1.82, 2.24) is 25.0 Å². The lowest BCUT2D eigenvalue weighted by atomic mass is 9.98. The van der Waals surface area contributed by atoms with Crippen LogP contribution in [0.25, 0.3) is 0 Å². The van der Waals surface area contributed by atoms with E-state index >= 15 is 0 Å². The Hall–Kier alpha value is -2.77. The fourth-order valence-corrected chi connectivity index (χ4v) is 3.98. The summed E-state index contributed by atoms with van der Waals surface area (Å²) in [4.78, 5) is 30.7. The van der Waals surface area contributed by atoms with Gasteiger partial charge in [-0.2, -0.15) is 5.10 Å². The van der Waals surface area contributed by atoms with Crippen molar-refractivity contribution in [1.29, 1.82) is 0 Å². The molecular formula is C20H24FN5O2. The van der Waals surface area contributed by atoms with Crippen molar-refractivity contribution >= 4 is 11.8 Å². The molecule has 2 heterocycles. The summed E-state index contributed by atoms with van der Waals surface area (Å²) in [6.07, 6.45) is 6.43. The summed E-state index contributed by atoms with van der Waals surface area (Å²) in [7, 11) is 0. The Morgan fingerprint density at radius 3 is 2.75 bits per heavy atom. The van der Waals surface area contributed by atoms with Crippen molar-refractivity contribution in [2.24, 2.45) is 11.8 Å². The van der Waals surface area contributed by atoms with Crippen LogP contribution in [-0.4, -0.2) is 50.6 Å². The summed E-state index contributed by atoms with van der Waals surface area (Å²) < 4.78 is 15.7. The Labute approximate surface area is 162 Å². The molecule has 148 valence electrons. The van der Waals surface area contributed by atoms with Gasteiger partial charge < -0.3 is 10.2 Å². The van der Waals surface area contributed by atoms with Crippen molar-refractivity contribution in [3.8, 4) is 0 Å². The lowest BCUT2D eigenvalue weighted by molar-refractivity contribution is -0.122. The van der Waals surface area contributed by atoms with E-state index in [4.69, 9.17) is 0 Å². The first kappa shape index (κ1) is 18.6. The van der Waals surface area contributed by atoms with Crippen LogP contribution in [0, 0.1) is 17.7 Å². The van der Waals surface area contributed by atoms with Gasteiger partial charge in [0.25, 0.3) is 5.91 Å². The molecule has 8 heteroatoms. The molecule has 1 aliphatic heterocycles. The van der Waals surface area contributed by atoms with E-state index in [1.54, 1.807) is 28.0 Å². The van der Waals surface area contributed by atoms with Gasteiger partial charge in [0, 0.05) is 32.0 Å². The van der Waals surface area contributed by atoms with Crippen LogP contribution in [0.3, 0.4) is 0 Å². The van der Waals surface area contributed by atoms with Gasteiger partial charge >= 0.3 is 0 Å². The summed E-state index contributed by atoms with van der Waals surface area (Å²) in [6, 6.07) is 5.99. The number of hydrogen-bond acceptors (Lipinski definition) is 4. The number of likely N-dealkylation sites (tertiary alicyclic amines) is 1. The second-order valence-electron chi connectivity index (χ2n) is 7.63. The molecule has 28 heavy (non-hydrogen) atoms. The zero-order chi connectivity index (χ0) is 19.5. The Balaban J connectivity index is 1.34. The molecule has 1 saturated heterocycles. The van der Waals surface area contributed by atoms with Gasteiger partial charge in [0.1, 0.15) is 18.5 Å². The van der Waals surface area contributed by atoms with Crippen molar-refractivity contribution in [2.45, 2.75) is 38.3 Å². The molecule has 0 spiro atoms. The van der Waals surface area contributed by atoms with Crippen molar-refractivity contribution in [2.75, 3.05) is 13.1 Å². The van der Waals surface area contributed by atoms with Gasteiger partial charge in [-0.25, -0.2) is 9.37 Å². The molecule has 1 N–H and O–H groups in total. The maximum atomic E-state index is 14.0. The molecule has 2 atom stereocenters. The number of nitrogens with zero attached hydrogens (tertiary/aromatic N) is 4. The number of hydrogen-bond donors (Lipinski definition) is 1. The number of amides is 2. The highest BCUT2D eigenvalue weighted by molar-refractivity contribution is 5.94. The van der Waals surface area contributed by atoms with E-state index in [0.29, 0.717) is 38.4 Å². The quantitative estimate of drug-likeness (QED) is 0.789. The van der Waals surface area contributed by atoms with Crippen LogP contribution in [0.2, 0.25) is 0 Å². The second-order valence-corrected chi connectivity index (χ2v) is 7.63. The van der Waals surface area contributed by atoms with Crippen LogP contribution >= 0.6 is 0 Å². The van der Waals surface area contributed by atoms with Crippen molar-refractivity contribution < 1.29 is 14.0 Å². The van der Waals surface area contributed by atoms with E-state index in [-0.39, 0.29) is 29.3 Å². The van der Waals surface area contributed by atoms with Gasteiger partial charge in [0.05, 0.1) is 11.6 Å². The van der Waals surface area contributed by atoms with Crippen LogP contribution in [0.15, 0.2) is 36.9 Å². The van der Waals surface area contributed by atoms with E-state index < -0.39 is 5.82 Å². The van der Waals surface area contributed by atoms with E-state index in [1.807, 2.05) is 0 Å². The Bertz CT molecular complexity index is 837. The summed E-state index contributed by atoms with van der Waals surface area (Å²) >= 11 is 0. The number of nitrogens with one attached hydrogen (secondary N) is 1. The van der Waals surface area contributed by atoms with Crippen molar-refractivity contribution in [3.63, 3.8) is 0 Å².